The number of benzene rings is 1. The van der Waals surface area contributed by atoms with Gasteiger partial charge in [0.2, 0.25) is 0 Å². The Balaban J connectivity index is 1.54. The summed E-state index contributed by atoms with van der Waals surface area (Å²) in [4.78, 5) is 20.1. The van der Waals surface area contributed by atoms with E-state index < -0.39 is 0 Å². The summed E-state index contributed by atoms with van der Waals surface area (Å²) in [5.74, 6) is 1.31. The first-order valence-electron chi connectivity index (χ1n) is 10.3. The molecule has 1 aliphatic carbocycles. The van der Waals surface area contributed by atoms with E-state index in [9.17, 15) is 0 Å². The third kappa shape index (κ3) is 4.11. The molecule has 0 spiro atoms. The number of hydrogen-bond donors (Lipinski definition) is 1. The van der Waals surface area contributed by atoms with Crippen molar-refractivity contribution >= 4 is 35.3 Å². The van der Waals surface area contributed by atoms with Gasteiger partial charge in [-0.15, -0.1) is 5.48 Å². The van der Waals surface area contributed by atoms with Crippen LogP contribution in [-0.4, -0.2) is 27.1 Å². The summed E-state index contributed by atoms with van der Waals surface area (Å²) in [6.07, 6.45) is 9.76. The smallest absolute Gasteiger partial charge is 0.198 e. The highest BCUT2D eigenvalue weighted by Crippen LogP contribution is 2.39. The number of halogens is 1. The predicted molar refractivity (Wildman–Crippen MR) is 128 cm³/mol. The van der Waals surface area contributed by atoms with Gasteiger partial charge >= 0.3 is 0 Å². The minimum atomic E-state index is -0.0743. The first-order valence-corrected chi connectivity index (χ1v) is 11.5. The molecule has 2 aromatic heterocycles. The van der Waals surface area contributed by atoms with E-state index in [1.807, 2.05) is 49.5 Å². The van der Waals surface area contributed by atoms with Crippen molar-refractivity contribution in [3.63, 3.8) is 0 Å². The molecular formula is C24H22ClN5OS. The van der Waals surface area contributed by atoms with E-state index in [-0.39, 0.29) is 18.0 Å². The molecule has 1 N–H and O–H groups in total. The maximum absolute atomic E-state index is 6.09. The molecule has 32 heavy (non-hydrogen) atoms. The fourth-order valence-corrected chi connectivity index (χ4v) is 5.03. The van der Waals surface area contributed by atoms with Gasteiger partial charge in [-0.05, 0) is 47.9 Å². The Morgan fingerprint density at radius 2 is 2.00 bits per heavy atom. The number of hydroxylamine groups is 1. The standard InChI is InChI=1S/C24H22ClN5OS/c1-15-13-16(6-11-19(15)22-27-14-31-29-22)21-24(32-18-9-7-17(25)8-10-18)30(2)23(28-21)20-5-3-4-12-26-20/h3-15,19,22,29H,1-2H3. The number of aromatic nitrogens is 3. The van der Waals surface area contributed by atoms with Crippen LogP contribution in [0.1, 0.15) is 12.6 Å². The number of nitrogens with one attached hydrogen (secondary N) is 1. The molecule has 3 heterocycles. The fraction of sp³-hybridized carbons (Fsp3) is 0.208. The first kappa shape index (κ1) is 21.0. The van der Waals surface area contributed by atoms with Crippen molar-refractivity contribution < 1.29 is 4.84 Å². The Bertz CT molecular complexity index is 1200. The van der Waals surface area contributed by atoms with Gasteiger partial charge in [0.1, 0.15) is 22.6 Å². The van der Waals surface area contributed by atoms with Crippen LogP contribution in [0.2, 0.25) is 5.02 Å². The van der Waals surface area contributed by atoms with Gasteiger partial charge in [-0.1, -0.05) is 54.6 Å². The van der Waals surface area contributed by atoms with Crippen LogP contribution in [0.3, 0.4) is 0 Å². The third-order valence-corrected chi connectivity index (χ3v) is 7.03. The monoisotopic (exact) mass is 463 g/mol. The van der Waals surface area contributed by atoms with Gasteiger partial charge < -0.3 is 9.40 Å². The molecule has 0 saturated carbocycles. The molecule has 3 atom stereocenters. The summed E-state index contributed by atoms with van der Waals surface area (Å²) >= 11 is 7.76. The lowest BCUT2D eigenvalue weighted by atomic mass is 9.84. The largest absolute Gasteiger partial charge is 0.395 e. The van der Waals surface area contributed by atoms with Crippen LogP contribution >= 0.6 is 23.4 Å². The van der Waals surface area contributed by atoms with Gasteiger partial charge in [0.15, 0.2) is 12.2 Å². The van der Waals surface area contributed by atoms with Crippen LogP contribution in [0.15, 0.2) is 81.8 Å². The average molecular weight is 464 g/mol. The summed E-state index contributed by atoms with van der Waals surface area (Å²) < 4.78 is 2.11. The average Bonchev–Trinajstić information content (AvgIpc) is 3.45. The lowest BCUT2D eigenvalue weighted by Gasteiger charge is -2.25. The van der Waals surface area contributed by atoms with Gasteiger partial charge in [-0.2, -0.15) is 0 Å². The molecule has 8 heteroatoms. The van der Waals surface area contributed by atoms with Gasteiger partial charge in [-0.3, -0.25) is 4.98 Å². The van der Waals surface area contributed by atoms with Crippen LogP contribution in [0.25, 0.3) is 17.1 Å². The Morgan fingerprint density at radius 1 is 1.16 bits per heavy atom. The maximum atomic E-state index is 6.09. The van der Waals surface area contributed by atoms with Crippen molar-refractivity contribution in [2.45, 2.75) is 23.0 Å². The van der Waals surface area contributed by atoms with E-state index in [0.29, 0.717) is 0 Å². The summed E-state index contributed by atoms with van der Waals surface area (Å²) in [6, 6.07) is 13.7. The highest BCUT2D eigenvalue weighted by Gasteiger charge is 2.30. The second kappa shape index (κ2) is 8.94. The fourth-order valence-electron chi connectivity index (χ4n) is 3.92. The van der Waals surface area contributed by atoms with Crippen molar-refractivity contribution in [2.24, 2.45) is 23.9 Å². The molecule has 0 bridgehead atoms. The Morgan fingerprint density at radius 3 is 2.69 bits per heavy atom. The summed E-state index contributed by atoms with van der Waals surface area (Å²) in [7, 11) is 2.03. The number of imidazole rings is 1. The molecular weight excluding hydrogens is 442 g/mol. The first-order chi connectivity index (χ1) is 15.6. The number of rotatable bonds is 5. The molecule has 1 aliphatic heterocycles. The van der Waals surface area contributed by atoms with E-state index >= 15 is 0 Å². The van der Waals surface area contributed by atoms with E-state index in [1.165, 1.54) is 6.40 Å². The number of hydrogen-bond acceptors (Lipinski definition) is 6. The zero-order valence-electron chi connectivity index (χ0n) is 17.6. The van der Waals surface area contributed by atoms with Crippen LogP contribution in [-0.2, 0) is 11.9 Å². The van der Waals surface area contributed by atoms with Crippen LogP contribution in [0, 0.1) is 11.8 Å². The molecule has 2 aliphatic rings. The highest BCUT2D eigenvalue weighted by atomic mass is 35.5. The Labute approximate surface area is 196 Å². The molecule has 162 valence electrons. The van der Waals surface area contributed by atoms with Crippen molar-refractivity contribution in [1.82, 2.24) is 20.0 Å². The minimum Gasteiger partial charge on any atom is -0.395 e. The van der Waals surface area contributed by atoms with Crippen molar-refractivity contribution in [3.8, 4) is 11.5 Å². The van der Waals surface area contributed by atoms with Gasteiger partial charge in [0.05, 0.1) is 0 Å². The van der Waals surface area contributed by atoms with Crippen LogP contribution in [0.5, 0.6) is 0 Å². The molecule has 0 radical (unpaired) electrons. The van der Waals surface area contributed by atoms with Gasteiger partial charge in [0.25, 0.3) is 0 Å². The van der Waals surface area contributed by atoms with E-state index in [0.717, 1.165) is 37.7 Å². The summed E-state index contributed by atoms with van der Waals surface area (Å²) in [5, 5.41) is 1.77. The normalized spacial score (nSPS) is 22.1. The predicted octanol–water partition coefficient (Wildman–Crippen LogP) is 5.38. The molecule has 0 amide bonds. The Kier molecular flexibility index (Phi) is 5.87. The van der Waals surface area contributed by atoms with Crippen LogP contribution < -0.4 is 5.48 Å². The lowest BCUT2D eigenvalue weighted by molar-refractivity contribution is 0.158. The maximum Gasteiger partial charge on any atom is 0.198 e. The third-order valence-electron chi connectivity index (χ3n) is 5.61. The summed E-state index contributed by atoms with van der Waals surface area (Å²) in [6.45, 7) is 2.19. The topological polar surface area (TPSA) is 64.3 Å². The van der Waals surface area contributed by atoms with Crippen molar-refractivity contribution in [1.29, 1.82) is 0 Å². The number of allylic oxidation sites excluding steroid dienone is 3. The SMILES string of the molecule is CC1C=C(c2nc(-c3ccccn3)n(C)c2Sc2ccc(Cl)cc2)C=CC1C1N=CON1. The highest BCUT2D eigenvalue weighted by molar-refractivity contribution is 7.99. The number of aliphatic imine (C=N–C) groups is 1. The van der Waals surface area contributed by atoms with Crippen LogP contribution in [0.4, 0.5) is 0 Å². The zero-order chi connectivity index (χ0) is 22.1. The molecule has 6 nitrogen and oxygen atoms in total. The van der Waals surface area contributed by atoms with E-state index in [2.05, 4.69) is 45.2 Å². The molecule has 5 rings (SSSR count). The second-order valence-electron chi connectivity index (χ2n) is 7.77. The van der Waals surface area contributed by atoms with E-state index in [4.69, 9.17) is 21.4 Å². The van der Waals surface area contributed by atoms with Crippen molar-refractivity contribution in [3.05, 3.63) is 77.6 Å². The summed E-state index contributed by atoms with van der Waals surface area (Å²) in [5.41, 5.74) is 5.82. The lowest BCUT2D eigenvalue weighted by Crippen LogP contribution is -2.33. The quantitative estimate of drug-likeness (QED) is 0.550. The zero-order valence-corrected chi connectivity index (χ0v) is 19.2. The van der Waals surface area contributed by atoms with Gasteiger partial charge in [-0.25, -0.2) is 9.98 Å². The minimum absolute atomic E-state index is 0.0743. The molecule has 1 aromatic carbocycles. The van der Waals surface area contributed by atoms with Gasteiger partial charge in [0, 0.05) is 29.1 Å². The molecule has 3 unspecified atom stereocenters. The number of pyridine rings is 1. The van der Waals surface area contributed by atoms with Crippen molar-refractivity contribution in [2.75, 3.05) is 0 Å². The van der Waals surface area contributed by atoms with E-state index in [1.54, 1.807) is 18.0 Å². The molecule has 3 aromatic rings. The molecule has 0 fully saturated rings. The molecule has 0 saturated heterocycles. The second-order valence-corrected chi connectivity index (χ2v) is 9.27. The Hall–Kier alpha value is -2.87. The number of nitrogens with zero attached hydrogens (tertiary/aromatic N) is 4.